The van der Waals surface area contributed by atoms with Gasteiger partial charge in [0.15, 0.2) is 0 Å². The van der Waals surface area contributed by atoms with Crippen LogP contribution in [0.4, 0.5) is 11.5 Å². The van der Waals surface area contributed by atoms with Crippen molar-refractivity contribution in [3.8, 4) is 0 Å². The largest absolute Gasteiger partial charge is 0.380 e. The van der Waals surface area contributed by atoms with Crippen molar-refractivity contribution in [1.29, 1.82) is 0 Å². The molecule has 0 amide bonds. The zero-order valence-electron chi connectivity index (χ0n) is 12.2. The molecular formula is C15H24N4O. The highest BCUT2D eigenvalue weighted by Crippen LogP contribution is 2.18. The molecule has 5 heteroatoms. The summed E-state index contributed by atoms with van der Waals surface area (Å²) >= 11 is 0. The van der Waals surface area contributed by atoms with E-state index in [-0.39, 0.29) is 0 Å². The first-order valence-electron chi connectivity index (χ1n) is 7.55. The van der Waals surface area contributed by atoms with E-state index in [9.17, 15) is 0 Å². The van der Waals surface area contributed by atoms with Crippen LogP contribution in [0.2, 0.25) is 0 Å². The quantitative estimate of drug-likeness (QED) is 0.904. The average Bonchev–Trinajstić information content (AvgIpc) is 2.49. The number of anilines is 2. The summed E-state index contributed by atoms with van der Waals surface area (Å²) in [6.07, 6.45) is 4.47. The molecule has 1 aromatic heterocycles. The van der Waals surface area contributed by atoms with Gasteiger partial charge in [-0.2, -0.15) is 0 Å². The SMILES string of the molecule is CN1CCCC(Nc2ccc(N3CCOCC3)nc2)C1. The molecule has 1 aromatic rings. The number of nitrogens with zero attached hydrogens (tertiary/aromatic N) is 3. The third kappa shape index (κ3) is 3.41. The molecule has 110 valence electrons. The van der Waals surface area contributed by atoms with Gasteiger partial charge in [-0.1, -0.05) is 0 Å². The van der Waals surface area contributed by atoms with E-state index in [1.54, 1.807) is 0 Å². The van der Waals surface area contributed by atoms with Gasteiger partial charge in [-0.3, -0.25) is 0 Å². The van der Waals surface area contributed by atoms with Crippen molar-refractivity contribution in [2.24, 2.45) is 0 Å². The summed E-state index contributed by atoms with van der Waals surface area (Å²) in [5.74, 6) is 1.06. The van der Waals surface area contributed by atoms with Crippen molar-refractivity contribution in [1.82, 2.24) is 9.88 Å². The number of likely N-dealkylation sites (tertiary alicyclic amines) is 1. The van der Waals surface area contributed by atoms with Crippen LogP contribution in [0.15, 0.2) is 18.3 Å². The van der Waals surface area contributed by atoms with Crippen LogP contribution in [0.25, 0.3) is 0 Å². The molecule has 5 nitrogen and oxygen atoms in total. The molecule has 2 fully saturated rings. The Kier molecular flexibility index (Phi) is 4.38. The summed E-state index contributed by atoms with van der Waals surface area (Å²) in [4.78, 5) is 9.25. The lowest BCUT2D eigenvalue weighted by atomic mass is 10.1. The van der Waals surface area contributed by atoms with Gasteiger partial charge < -0.3 is 19.9 Å². The molecule has 1 atom stereocenters. The standard InChI is InChI=1S/C15H24N4O/c1-18-6-2-3-14(12-18)17-13-4-5-15(16-11-13)19-7-9-20-10-8-19/h4-5,11,14,17H,2-3,6-10,12H2,1H3. The number of likely N-dealkylation sites (N-methyl/N-ethyl adjacent to an activating group) is 1. The molecule has 1 N–H and O–H groups in total. The fraction of sp³-hybridized carbons (Fsp3) is 0.667. The van der Waals surface area contributed by atoms with E-state index in [0.717, 1.165) is 44.4 Å². The second kappa shape index (κ2) is 6.41. The van der Waals surface area contributed by atoms with Gasteiger partial charge in [0.05, 0.1) is 25.1 Å². The smallest absolute Gasteiger partial charge is 0.128 e. The molecule has 1 unspecified atom stereocenters. The topological polar surface area (TPSA) is 40.6 Å². The summed E-state index contributed by atoms with van der Waals surface area (Å²) in [6.45, 7) is 5.81. The van der Waals surface area contributed by atoms with Gasteiger partial charge in [0.1, 0.15) is 5.82 Å². The molecule has 0 spiro atoms. The van der Waals surface area contributed by atoms with Crippen molar-refractivity contribution in [3.63, 3.8) is 0 Å². The summed E-state index contributed by atoms with van der Waals surface area (Å²) in [7, 11) is 2.19. The van der Waals surface area contributed by atoms with E-state index in [0.29, 0.717) is 6.04 Å². The lowest BCUT2D eigenvalue weighted by Crippen LogP contribution is -2.39. The number of rotatable bonds is 3. The van der Waals surface area contributed by atoms with E-state index < -0.39 is 0 Å². The maximum atomic E-state index is 5.37. The van der Waals surface area contributed by atoms with Crippen LogP contribution in [-0.2, 0) is 4.74 Å². The number of morpholine rings is 1. The predicted octanol–water partition coefficient (Wildman–Crippen LogP) is 1.42. The molecule has 0 radical (unpaired) electrons. The minimum atomic E-state index is 0.546. The lowest BCUT2D eigenvalue weighted by molar-refractivity contribution is 0.122. The molecule has 3 rings (SSSR count). The summed E-state index contributed by atoms with van der Waals surface area (Å²) in [5, 5.41) is 3.59. The number of piperidine rings is 1. The van der Waals surface area contributed by atoms with Gasteiger partial charge in [0.2, 0.25) is 0 Å². The van der Waals surface area contributed by atoms with E-state index in [1.165, 1.54) is 19.4 Å². The Labute approximate surface area is 120 Å². The number of ether oxygens (including phenoxy) is 1. The van der Waals surface area contributed by atoms with Crippen LogP contribution in [-0.4, -0.2) is 62.4 Å². The zero-order chi connectivity index (χ0) is 13.8. The second-order valence-corrected chi connectivity index (χ2v) is 5.75. The Bertz CT molecular complexity index is 416. The fourth-order valence-electron chi connectivity index (χ4n) is 2.97. The van der Waals surface area contributed by atoms with Crippen molar-refractivity contribution in [2.45, 2.75) is 18.9 Å². The van der Waals surface area contributed by atoms with Gasteiger partial charge >= 0.3 is 0 Å². The van der Waals surface area contributed by atoms with Crippen LogP contribution in [0.1, 0.15) is 12.8 Å². The Morgan fingerprint density at radius 1 is 1.25 bits per heavy atom. The zero-order valence-corrected chi connectivity index (χ0v) is 12.2. The highest BCUT2D eigenvalue weighted by Gasteiger charge is 2.17. The van der Waals surface area contributed by atoms with Gasteiger partial charge in [-0.25, -0.2) is 4.98 Å². The molecule has 3 heterocycles. The lowest BCUT2D eigenvalue weighted by Gasteiger charge is -2.31. The van der Waals surface area contributed by atoms with Gasteiger partial charge in [-0.05, 0) is 38.6 Å². The number of hydrogen-bond acceptors (Lipinski definition) is 5. The minimum absolute atomic E-state index is 0.546. The van der Waals surface area contributed by atoms with Gasteiger partial charge in [0.25, 0.3) is 0 Å². The normalized spacial score (nSPS) is 24.6. The summed E-state index contributed by atoms with van der Waals surface area (Å²) < 4.78 is 5.37. The first-order valence-corrected chi connectivity index (χ1v) is 7.55. The predicted molar refractivity (Wildman–Crippen MR) is 81.4 cm³/mol. The minimum Gasteiger partial charge on any atom is -0.380 e. The third-order valence-corrected chi connectivity index (χ3v) is 4.08. The molecular weight excluding hydrogens is 252 g/mol. The van der Waals surface area contributed by atoms with Crippen LogP contribution in [0.3, 0.4) is 0 Å². The van der Waals surface area contributed by atoms with E-state index >= 15 is 0 Å². The van der Waals surface area contributed by atoms with Crippen LogP contribution in [0.5, 0.6) is 0 Å². The van der Waals surface area contributed by atoms with Gasteiger partial charge in [-0.15, -0.1) is 0 Å². The van der Waals surface area contributed by atoms with Crippen molar-refractivity contribution in [2.75, 3.05) is 56.7 Å². The van der Waals surface area contributed by atoms with Crippen molar-refractivity contribution < 1.29 is 4.74 Å². The van der Waals surface area contributed by atoms with Gasteiger partial charge in [0, 0.05) is 25.7 Å². The molecule has 20 heavy (non-hydrogen) atoms. The highest BCUT2D eigenvalue weighted by atomic mass is 16.5. The number of pyridine rings is 1. The number of hydrogen-bond donors (Lipinski definition) is 1. The van der Waals surface area contributed by atoms with Crippen molar-refractivity contribution >= 4 is 11.5 Å². The molecule has 0 aromatic carbocycles. The Morgan fingerprint density at radius 2 is 2.10 bits per heavy atom. The molecule has 2 aliphatic rings. The number of aromatic nitrogens is 1. The Hall–Kier alpha value is -1.33. The molecule has 0 saturated carbocycles. The maximum absolute atomic E-state index is 5.37. The van der Waals surface area contributed by atoms with E-state index in [2.05, 4.69) is 39.3 Å². The third-order valence-electron chi connectivity index (χ3n) is 4.08. The van der Waals surface area contributed by atoms with Crippen molar-refractivity contribution in [3.05, 3.63) is 18.3 Å². The monoisotopic (exact) mass is 276 g/mol. The average molecular weight is 276 g/mol. The van der Waals surface area contributed by atoms with E-state index in [1.807, 2.05) is 6.20 Å². The molecule has 0 bridgehead atoms. The van der Waals surface area contributed by atoms with Crippen LogP contribution < -0.4 is 10.2 Å². The molecule has 0 aliphatic carbocycles. The summed E-state index contributed by atoms with van der Waals surface area (Å²) in [5.41, 5.74) is 1.13. The maximum Gasteiger partial charge on any atom is 0.128 e. The second-order valence-electron chi connectivity index (χ2n) is 5.75. The first-order chi connectivity index (χ1) is 9.81. The molecule has 2 saturated heterocycles. The Balaban J connectivity index is 1.58. The number of nitrogens with one attached hydrogen (secondary N) is 1. The highest BCUT2D eigenvalue weighted by molar-refractivity contribution is 5.49. The first kappa shape index (κ1) is 13.6. The van der Waals surface area contributed by atoms with Crippen LogP contribution >= 0.6 is 0 Å². The van der Waals surface area contributed by atoms with E-state index in [4.69, 9.17) is 4.74 Å². The fourth-order valence-corrected chi connectivity index (χ4v) is 2.97. The Morgan fingerprint density at radius 3 is 2.80 bits per heavy atom. The van der Waals surface area contributed by atoms with Crippen LogP contribution in [0, 0.1) is 0 Å². The summed E-state index contributed by atoms with van der Waals surface area (Å²) in [6, 6.07) is 4.80. The molecule has 2 aliphatic heterocycles.